The predicted molar refractivity (Wildman–Crippen MR) is 57.9 cm³/mol. The third-order valence-corrected chi connectivity index (χ3v) is 3.66. The Morgan fingerprint density at radius 2 is 2.27 bits per heavy atom. The van der Waals surface area contributed by atoms with E-state index in [1.165, 1.54) is 12.8 Å². The Kier molecular flexibility index (Phi) is 1.99. The van der Waals surface area contributed by atoms with Gasteiger partial charge in [0.1, 0.15) is 0 Å². The van der Waals surface area contributed by atoms with Crippen molar-refractivity contribution in [3.8, 4) is 0 Å². The molecule has 0 amide bonds. The van der Waals surface area contributed by atoms with Crippen molar-refractivity contribution < 1.29 is 0 Å². The van der Waals surface area contributed by atoms with E-state index in [4.69, 9.17) is 0 Å². The highest BCUT2D eigenvalue weighted by Crippen LogP contribution is 2.38. The van der Waals surface area contributed by atoms with Gasteiger partial charge in [-0.15, -0.1) is 0 Å². The molecule has 2 heterocycles. The number of nitrogens with one attached hydrogen (secondary N) is 2. The molecule has 1 unspecified atom stereocenters. The molecule has 3 rings (SSSR count). The maximum Gasteiger partial charge on any atom is 0.270 e. The quantitative estimate of drug-likeness (QED) is 0.753. The highest BCUT2D eigenvalue weighted by Gasteiger charge is 2.31. The first kappa shape index (κ1) is 9.21. The number of H-pyrrole nitrogens is 1. The third kappa shape index (κ3) is 1.44. The van der Waals surface area contributed by atoms with Gasteiger partial charge in [-0.05, 0) is 38.6 Å². The molecule has 1 saturated carbocycles. The summed E-state index contributed by atoms with van der Waals surface area (Å²) in [6, 6.07) is 0.350. The second-order valence-corrected chi connectivity index (χ2v) is 4.75. The minimum atomic E-state index is 0.214. The highest BCUT2D eigenvalue weighted by atomic mass is 16.1. The van der Waals surface area contributed by atoms with Crippen LogP contribution in [0.5, 0.6) is 0 Å². The van der Waals surface area contributed by atoms with E-state index in [2.05, 4.69) is 17.3 Å². The Labute approximate surface area is 88.7 Å². The van der Waals surface area contributed by atoms with Gasteiger partial charge in [-0.25, -0.2) is 4.68 Å². The lowest BCUT2D eigenvalue weighted by Crippen LogP contribution is -2.27. The van der Waals surface area contributed by atoms with Crippen LogP contribution in [0.3, 0.4) is 0 Å². The average Bonchev–Trinajstić information content (AvgIpc) is 3.04. The van der Waals surface area contributed by atoms with E-state index in [1.54, 1.807) is 0 Å². The molecule has 82 valence electrons. The molecule has 15 heavy (non-hydrogen) atoms. The highest BCUT2D eigenvalue weighted by molar-refractivity contribution is 5.20. The van der Waals surface area contributed by atoms with E-state index in [9.17, 15) is 4.79 Å². The number of aromatic amines is 1. The van der Waals surface area contributed by atoms with Crippen molar-refractivity contribution in [1.29, 1.82) is 0 Å². The van der Waals surface area contributed by atoms with E-state index < -0.39 is 0 Å². The summed E-state index contributed by atoms with van der Waals surface area (Å²) in [6.07, 6.45) is 3.42. The van der Waals surface area contributed by atoms with E-state index >= 15 is 0 Å². The molecule has 1 aromatic heterocycles. The Morgan fingerprint density at radius 3 is 2.93 bits per heavy atom. The van der Waals surface area contributed by atoms with Gasteiger partial charge >= 0.3 is 0 Å². The smallest absolute Gasteiger partial charge is 0.270 e. The summed E-state index contributed by atoms with van der Waals surface area (Å²) in [5.74, 6) is 0.718. The van der Waals surface area contributed by atoms with Gasteiger partial charge in [0.2, 0.25) is 0 Å². The van der Waals surface area contributed by atoms with Crippen LogP contribution in [0.1, 0.15) is 37.1 Å². The fraction of sp³-hybridized carbons (Fsp3) is 0.727. The van der Waals surface area contributed by atoms with Crippen LogP contribution in [0.2, 0.25) is 0 Å². The predicted octanol–water partition coefficient (Wildman–Crippen LogP) is 0.793. The van der Waals surface area contributed by atoms with Crippen molar-refractivity contribution in [3.05, 3.63) is 21.6 Å². The maximum absolute atomic E-state index is 12.1. The standard InChI is InChI=1S/C11H17N3O/c1-7(8-2-3-8)14-11(15)9-4-5-12-6-10(9)13-14/h7-8,12-13H,2-6H2,1H3. The van der Waals surface area contributed by atoms with Crippen LogP contribution in [-0.2, 0) is 13.0 Å². The first-order valence-corrected chi connectivity index (χ1v) is 5.80. The van der Waals surface area contributed by atoms with Gasteiger partial charge in [0, 0.05) is 12.1 Å². The molecule has 1 aliphatic carbocycles. The van der Waals surface area contributed by atoms with Crippen LogP contribution in [0.15, 0.2) is 4.79 Å². The van der Waals surface area contributed by atoms with Gasteiger partial charge in [-0.1, -0.05) is 0 Å². The van der Waals surface area contributed by atoms with Crippen LogP contribution in [0.25, 0.3) is 0 Å². The third-order valence-electron chi connectivity index (χ3n) is 3.66. The summed E-state index contributed by atoms with van der Waals surface area (Å²) < 4.78 is 1.84. The topological polar surface area (TPSA) is 49.8 Å². The molecular formula is C11H17N3O. The zero-order valence-corrected chi connectivity index (χ0v) is 9.05. The average molecular weight is 207 g/mol. The number of fused-ring (bicyclic) bond motifs is 1. The van der Waals surface area contributed by atoms with Gasteiger partial charge in [-0.2, -0.15) is 0 Å². The Balaban J connectivity index is 2.01. The fourth-order valence-electron chi connectivity index (χ4n) is 2.45. The van der Waals surface area contributed by atoms with Gasteiger partial charge in [-0.3, -0.25) is 9.89 Å². The maximum atomic E-state index is 12.1. The first-order chi connectivity index (χ1) is 7.27. The number of nitrogens with zero attached hydrogens (tertiary/aromatic N) is 1. The second kappa shape index (κ2) is 3.23. The second-order valence-electron chi connectivity index (χ2n) is 4.75. The molecule has 1 aliphatic heterocycles. The Hall–Kier alpha value is -1.03. The van der Waals surface area contributed by atoms with Gasteiger partial charge < -0.3 is 5.32 Å². The first-order valence-electron chi connectivity index (χ1n) is 5.80. The molecule has 0 aromatic carbocycles. The monoisotopic (exact) mass is 207 g/mol. The molecule has 1 aromatic rings. The van der Waals surface area contributed by atoms with Crippen molar-refractivity contribution in [2.75, 3.05) is 6.54 Å². The van der Waals surface area contributed by atoms with Crippen molar-refractivity contribution >= 4 is 0 Å². The van der Waals surface area contributed by atoms with Crippen molar-refractivity contribution in [2.24, 2.45) is 5.92 Å². The van der Waals surface area contributed by atoms with Crippen LogP contribution < -0.4 is 10.9 Å². The van der Waals surface area contributed by atoms with E-state index in [0.29, 0.717) is 6.04 Å². The minimum absolute atomic E-state index is 0.214. The number of hydrogen-bond acceptors (Lipinski definition) is 2. The summed E-state index contributed by atoms with van der Waals surface area (Å²) in [7, 11) is 0. The SMILES string of the molecule is CC(C1CC1)n1[nH]c2c(c1=O)CCNC2. The van der Waals surface area contributed by atoms with Crippen molar-refractivity contribution in [3.63, 3.8) is 0 Å². The summed E-state index contributed by atoms with van der Waals surface area (Å²) in [4.78, 5) is 12.1. The summed E-state index contributed by atoms with van der Waals surface area (Å²) >= 11 is 0. The molecule has 4 nitrogen and oxygen atoms in total. The lowest BCUT2D eigenvalue weighted by atomic mass is 10.1. The van der Waals surface area contributed by atoms with Crippen LogP contribution in [0, 0.1) is 5.92 Å². The molecule has 0 saturated heterocycles. The number of rotatable bonds is 2. The molecule has 2 aliphatic rings. The molecule has 2 N–H and O–H groups in total. The zero-order chi connectivity index (χ0) is 10.4. The molecule has 4 heteroatoms. The molecule has 1 atom stereocenters. The Bertz CT molecular complexity index is 428. The molecule has 0 spiro atoms. The summed E-state index contributed by atoms with van der Waals surface area (Å²) in [6.45, 7) is 3.89. The van der Waals surface area contributed by atoms with Gasteiger partial charge in [0.25, 0.3) is 5.56 Å². The van der Waals surface area contributed by atoms with E-state index in [1.807, 2.05) is 4.68 Å². The van der Waals surface area contributed by atoms with Crippen molar-refractivity contribution in [1.82, 2.24) is 15.1 Å². The lowest BCUT2D eigenvalue weighted by Gasteiger charge is -2.11. The van der Waals surface area contributed by atoms with E-state index in [0.717, 1.165) is 36.7 Å². The molecule has 0 bridgehead atoms. The normalized spacial score (nSPS) is 22.5. The molecular weight excluding hydrogens is 190 g/mol. The van der Waals surface area contributed by atoms with Gasteiger partial charge in [0.05, 0.1) is 11.7 Å². The fourth-order valence-corrected chi connectivity index (χ4v) is 2.45. The largest absolute Gasteiger partial charge is 0.311 e. The lowest BCUT2D eigenvalue weighted by molar-refractivity contribution is 0.425. The number of hydrogen-bond donors (Lipinski definition) is 2. The van der Waals surface area contributed by atoms with Crippen LogP contribution in [0.4, 0.5) is 0 Å². The van der Waals surface area contributed by atoms with Gasteiger partial charge in [0.15, 0.2) is 0 Å². The summed E-state index contributed by atoms with van der Waals surface area (Å²) in [5, 5.41) is 6.55. The molecule has 0 radical (unpaired) electrons. The van der Waals surface area contributed by atoms with Crippen molar-refractivity contribution in [2.45, 2.75) is 38.8 Å². The zero-order valence-electron chi connectivity index (χ0n) is 9.05. The van der Waals surface area contributed by atoms with Crippen LogP contribution >= 0.6 is 0 Å². The van der Waals surface area contributed by atoms with Crippen LogP contribution in [-0.4, -0.2) is 16.3 Å². The summed E-state index contributed by atoms with van der Waals surface area (Å²) in [5.41, 5.74) is 2.31. The van der Waals surface area contributed by atoms with E-state index in [-0.39, 0.29) is 5.56 Å². The molecule has 1 fully saturated rings. The minimum Gasteiger partial charge on any atom is -0.311 e. The Morgan fingerprint density at radius 1 is 1.47 bits per heavy atom. The number of aromatic nitrogens is 2.